The van der Waals surface area contributed by atoms with E-state index in [0.717, 1.165) is 6.29 Å². The van der Waals surface area contributed by atoms with Crippen LogP contribution >= 0.6 is 15.9 Å². The predicted molar refractivity (Wildman–Crippen MR) is 86.1 cm³/mol. The topological polar surface area (TPSA) is 81.0 Å². The third-order valence-corrected chi connectivity index (χ3v) is 4.16. The number of hydrogen-bond donors (Lipinski definition) is 3. The fourth-order valence-corrected chi connectivity index (χ4v) is 3.08. The van der Waals surface area contributed by atoms with Gasteiger partial charge in [-0.15, -0.1) is 0 Å². The first-order chi connectivity index (χ1) is 10.5. The highest BCUT2D eigenvalue weighted by Crippen LogP contribution is 2.44. The molecule has 1 aliphatic heterocycles. The second-order valence-corrected chi connectivity index (χ2v) is 5.76. The Morgan fingerprint density at radius 3 is 2.36 bits per heavy atom. The van der Waals surface area contributed by atoms with Gasteiger partial charge in [-0.2, -0.15) is 0 Å². The van der Waals surface area contributed by atoms with Crippen LogP contribution in [0.15, 0.2) is 42.6 Å². The smallest absolute Gasteiger partial charge is 0.147 e. The van der Waals surface area contributed by atoms with E-state index in [0.29, 0.717) is 21.3 Å². The minimum Gasteiger partial charge on any atom is -0.508 e. The van der Waals surface area contributed by atoms with E-state index < -0.39 is 6.04 Å². The fraction of sp³-hybridized carbons (Fsp3) is 0.0625. The van der Waals surface area contributed by atoms with Crippen molar-refractivity contribution in [1.82, 2.24) is 0 Å². The minimum absolute atomic E-state index is 0.0793. The van der Waals surface area contributed by atoms with E-state index in [2.05, 4.69) is 15.9 Å². The van der Waals surface area contributed by atoms with Crippen LogP contribution in [0.25, 0.3) is 4.48 Å². The molecule has 0 aromatic heterocycles. The molecule has 0 saturated carbocycles. The number of carbonyl (C=O) groups excluding carboxylic acids is 1. The van der Waals surface area contributed by atoms with Crippen LogP contribution in [0.4, 0.5) is 5.69 Å². The van der Waals surface area contributed by atoms with Gasteiger partial charge >= 0.3 is 0 Å². The third-order valence-electron chi connectivity index (χ3n) is 3.52. The lowest BCUT2D eigenvalue weighted by molar-refractivity contribution is -0.109. The summed E-state index contributed by atoms with van der Waals surface area (Å²) in [6, 6.07) is 8.34. The number of aromatic hydroxyl groups is 3. The van der Waals surface area contributed by atoms with Crippen LogP contribution in [0.2, 0.25) is 0 Å². The molecule has 0 amide bonds. The first-order valence-electron chi connectivity index (χ1n) is 6.47. The summed E-state index contributed by atoms with van der Waals surface area (Å²) in [5.74, 6) is -0.107. The van der Waals surface area contributed by atoms with E-state index in [9.17, 15) is 20.1 Å². The molecular weight excluding hydrogens is 350 g/mol. The number of nitrogens with zero attached hydrogens (tertiary/aromatic N) is 1. The molecule has 3 rings (SSSR count). The van der Waals surface area contributed by atoms with Gasteiger partial charge < -0.3 is 25.0 Å². The van der Waals surface area contributed by atoms with E-state index in [1.807, 2.05) is 0 Å². The lowest BCUT2D eigenvalue weighted by atomic mass is 9.95. The van der Waals surface area contributed by atoms with Crippen molar-refractivity contribution in [2.75, 3.05) is 4.90 Å². The van der Waals surface area contributed by atoms with E-state index in [4.69, 9.17) is 0 Å². The Hall–Kier alpha value is -2.47. The summed E-state index contributed by atoms with van der Waals surface area (Å²) in [7, 11) is 0. The lowest BCUT2D eigenvalue weighted by Crippen LogP contribution is -2.28. The van der Waals surface area contributed by atoms with Gasteiger partial charge in [-0.25, -0.2) is 0 Å². The largest absolute Gasteiger partial charge is 0.508 e. The van der Waals surface area contributed by atoms with Crippen LogP contribution in [0.5, 0.6) is 17.2 Å². The zero-order chi connectivity index (χ0) is 15.9. The molecule has 0 fully saturated rings. The second-order valence-electron chi connectivity index (χ2n) is 4.91. The minimum atomic E-state index is -0.735. The van der Waals surface area contributed by atoms with E-state index in [1.165, 1.54) is 24.3 Å². The molecule has 3 N–H and O–H groups in total. The second kappa shape index (κ2) is 5.38. The lowest BCUT2D eigenvalue weighted by Gasteiger charge is -2.33. The Kier molecular flexibility index (Phi) is 3.54. The van der Waals surface area contributed by atoms with Gasteiger partial charge in [-0.3, -0.25) is 0 Å². The zero-order valence-corrected chi connectivity index (χ0v) is 12.9. The molecule has 1 unspecified atom stereocenters. The first-order valence-corrected chi connectivity index (χ1v) is 7.27. The van der Waals surface area contributed by atoms with Gasteiger partial charge in [-0.1, -0.05) is 0 Å². The van der Waals surface area contributed by atoms with Crippen LogP contribution in [0, 0.1) is 0 Å². The van der Waals surface area contributed by atoms with Crippen LogP contribution in [-0.4, -0.2) is 21.6 Å². The number of carbonyl (C=O) groups is 1. The number of benzene rings is 2. The van der Waals surface area contributed by atoms with Gasteiger partial charge in [0.15, 0.2) is 0 Å². The molecule has 2 aromatic rings. The van der Waals surface area contributed by atoms with E-state index >= 15 is 0 Å². The molecule has 1 atom stereocenters. The van der Waals surface area contributed by atoms with Crippen molar-refractivity contribution in [1.29, 1.82) is 0 Å². The number of phenolic OH excluding ortho intramolecular Hbond substituents is 3. The average Bonchev–Trinajstić information content (AvgIpc) is 2.48. The molecule has 5 nitrogen and oxygen atoms in total. The molecular formula is C16H12BrNO4. The summed E-state index contributed by atoms with van der Waals surface area (Å²) in [5.41, 5.74) is 1.66. The van der Waals surface area contributed by atoms with Crippen molar-refractivity contribution in [3.05, 3.63) is 53.7 Å². The number of hydrogen-bond acceptors (Lipinski definition) is 5. The van der Waals surface area contributed by atoms with Gasteiger partial charge in [0, 0.05) is 33.6 Å². The van der Waals surface area contributed by atoms with Gasteiger partial charge in [0.2, 0.25) is 0 Å². The molecule has 2 aromatic carbocycles. The maximum absolute atomic E-state index is 11.6. The van der Waals surface area contributed by atoms with Crippen molar-refractivity contribution in [2.24, 2.45) is 0 Å². The highest BCUT2D eigenvalue weighted by atomic mass is 79.9. The van der Waals surface area contributed by atoms with Crippen LogP contribution in [0.1, 0.15) is 17.2 Å². The molecule has 112 valence electrons. The van der Waals surface area contributed by atoms with Gasteiger partial charge in [-0.05, 0) is 46.3 Å². The fourth-order valence-electron chi connectivity index (χ4n) is 2.54. The van der Waals surface area contributed by atoms with Crippen LogP contribution in [0.3, 0.4) is 0 Å². The normalized spacial score (nSPS) is 16.9. The quantitative estimate of drug-likeness (QED) is 0.715. The third kappa shape index (κ3) is 2.31. The molecule has 0 saturated heterocycles. The molecule has 0 radical (unpaired) electrons. The Morgan fingerprint density at radius 1 is 1.05 bits per heavy atom. The standard InChI is InChI=1S/C16H12BrNO4/c17-13-7-18(9-1-3-10(20)4-2-9)14(8-19)16-12(13)5-11(21)6-15(16)22/h1-8,14,20-22H. The maximum atomic E-state index is 11.6. The molecule has 0 spiro atoms. The van der Waals surface area contributed by atoms with Crippen molar-refractivity contribution in [3.8, 4) is 17.2 Å². The Balaban J connectivity index is 2.17. The predicted octanol–water partition coefficient (Wildman–Crippen LogP) is 3.26. The zero-order valence-electron chi connectivity index (χ0n) is 11.3. The highest BCUT2D eigenvalue weighted by molar-refractivity contribution is 9.15. The maximum Gasteiger partial charge on any atom is 0.147 e. The molecule has 0 bridgehead atoms. The summed E-state index contributed by atoms with van der Waals surface area (Å²) in [5, 5.41) is 29.1. The Labute approximate surface area is 134 Å². The van der Waals surface area contributed by atoms with Crippen molar-refractivity contribution in [3.63, 3.8) is 0 Å². The Bertz CT molecular complexity index is 770. The van der Waals surface area contributed by atoms with Crippen molar-refractivity contribution >= 4 is 32.4 Å². The molecule has 1 heterocycles. The number of halogens is 1. The molecule has 6 heteroatoms. The number of anilines is 1. The van der Waals surface area contributed by atoms with Gasteiger partial charge in [0.25, 0.3) is 0 Å². The molecule has 22 heavy (non-hydrogen) atoms. The van der Waals surface area contributed by atoms with Crippen molar-refractivity contribution in [2.45, 2.75) is 6.04 Å². The monoisotopic (exact) mass is 361 g/mol. The number of aldehydes is 1. The number of phenols is 3. The summed E-state index contributed by atoms with van der Waals surface area (Å²) in [6.45, 7) is 0. The first kappa shape index (κ1) is 14.5. The van der Waals surface area contributed by atoms with E-state index in [-0.39, 0.29) is 17.2 Å². The Morgan fingerprint density at radius 2 is 1.73 bits per heavy atom. The summed E-state index contributed by atoms with van der Waals surface area (Å²) in [4.78, 5) is 13.3. The number of fused-ring (bicyclic) bond motifs is 1. The average molecular weight is 362 g/mol. The summed E-state index contributed by atoms with van der Waals surface area (Å²) in [6.07, 6.45) is 2.42. The van der Waals surface area contributed by atoms with E-state index in [1.54, 1.807) is 23.2 Å². The summed E-state index contributed by atoms with van der Waals surface area (Å²) >= 11 is 3.40. The van der Waals surface area contributed by atoms with Crippen LogP contribution in [-0.2, 0) is 4.79 Å². The highest BCUT2D eigenvalue weighted by Gasteiger charge is 2.30. The molecule has 0 aliphatic carbocycles. The van der Waals surface area contributed by atoms with Crippen molar-refractivity contribution < 1.29 is 20.1 Å². The molecule has 1 aliphatic rings. The van der Waals surface area contributed by atoms with Gasteiger partial charge in [0.05, 0.1) is 0 Å². The SMILES string of the molecule is O=CC1c2c(O)cc(O)cc2C(Br)=CN1c1ccc(O)cc1. The summed E-state index contributed by atoms with van der Waals surface area (Å²) < 4.78 is 0.625. The van der Waals surface area contributed by atoms with Gasteiger partial charge in [0.1, 0.15) is 29.6 Å². The van der Waals surface area contributed by atoms with Crippen LogP contribution < -0.4 is 4.90 Å². The number of rotatable bonds is 2.